The second-order valence-corrected chi connectivity index (χ2v) is 4.81. The van der Waals surface area contributed by atoms with Gasteiger partial charge in [0.05, 0.1) is 19.8 Å². The number of hydrogen-bond donors (Lipinski definition) is 8. The molecule has 168 valence electrons. The Bertz CT molecular complexity index is 536. The van der Waals surface area contributed by atoms with Crippen LogP contribution in [-0.2, 0) is 39.0 Å². The van der Waals surface area contributed by atoms with Crippen LogP contribution in [0.15, 0.2) is 12.1 Å². The predicted octanol–water partition coefficient (Wildman–Crippen LogP) is 0.233. The van der Waals surface area contributed by atoms with E-state index in [4.69, 9.17) is 54.9 Å². The molecule has 0 aliphatic heterocycles. The van der Waals surface area contributed by atoms with Crippen LogP contribution in [-0.4, -0.2) is 64.7 Å². The van der Waals surface area contributed by atoms with E-state index in [-0.39, 0.29) is 25.6 Å². The SMILES string of the molecule is CC(=O)O.CC(=O)O.CC(=O)O.CC(=O)O.OCc1cc(CO)c(O)c(CO)c1. The van der Waals surface area contributed by atoms with Crippen LogP contribution in [0.25, 0.3) is 0 Å². The van der Waals surface area contributed by atoms with Crippen molar-refractivity contribution in [2.24, 2.45) is 0 Å². The summed E-state index contributed by atoms with van der Waals surface area (Å²) in [6.07, 6.45) is 0. The number of aromatic hydroxyl groups is 1. The first-order valence-electron chi connectivity index (χ1n) is 7.60. The van der Waals surface area contributed by atoms with Gasteiger partial charge >= 0.3 is 0 Å². The van der Waals surface area contributed by atoms with Crippen LogP contribution in [0.1, 0.15) is 44.4 Å². The number of carbonyl (C=O) groups is 4. The first-order chi connectivity index (χ1) is 13.2. The summed E-state index contributed by atoms with van der Waals surface area (Å²) in [6, 6.07) is 2.99. The zero-order valence-electron chi connectivity index (χ0n) is 16.5. The highest BCUT2D eigenvalue weighted by Crippen LogP contribution is 2.24. The quantitative estimate of drug-likeness (QED) is 0.326. The third-order valence-corrected chi connectivity index (χ3v) is 1.85. The number of rotatable bonds is 3. The minimum absolute atomic E-state index is 0.109. The molecule has 0 aliphatic rings. The van der Waals surface area contributed by atoms with Gasteiger partial charge in [0, 0.05) is 38.8 Å². The summed E-state index contributed by atoms with van der Waals surface area (Å²) in [5.74, 6) is -3.44. The van der Waals surface area contributed by atoms with E-state index >= 15 is 0 Å². The van der Waals surface area contributed by atoms with E-state index in [0.717, 1.165) is 27.7 Å². The van der Waals surface area contributed by atoms with E-state index in [0.29, 0.717) is 16.7 Å². The molecule has 0 aliphatic carbocycles. The van der Waals surface area contributed by atoms with Gasteiger partial charge in [0.25, 0.3) is 23.9 Å². The van der Waals surface area contributed by atoms with Crippen molar-refractivity contribution < 1.29 is 60.0 Å². The average molecular weight is 424 g/mol. The molecule has 0 amide bonds. The van der Waals surface area contributed by atoms with Gasteiger partial charge in [-0.25, -0.2) is 0 Å². The Hall–Kier alpha value is -3.22. The number of phenols is 1. The van der Waals surface area contributed by atoms with Crippen molar-refractivity contribution in [3.8, 4) is 5.75 Å². The number of aliphatic hydroxyl groups excluding tert-OH is 3. The van der Waals surface area contributed by atoms with Crippen LogP contribution in [0.3, 0.4) is 0 Å². The molecule has 0 saturated heterocycles. The van der Waals surface area contributed by atoms with Crippen LogP contribution in [0.4, 0.5) is 0 Å². The zero-order valence-corrected chi connectivity index (χ0v) is 16.5. The first-order valence-corrected chi connectivity index (χ1v) is 7.60. The van der Waals surface area contributed by atoms with E-state index in [2.05, 4.69) is 0 Å². The molecule has 8 N–H and O–H groups in total. The van der Waals surface area contributed by atoms with Crippen molar-refractivity contribution in [2.75, 3.05) is 0 Å². The lowest BCUT2D eigenvalue weighted by atomic mass is 10.1. The summed E-state index contributed by atoms with van der Waals surface area (Å²) < 4.78 is 0. The fourth-order valence-corrected chi connectivity index (χ4v) is 1.16. The van der Waals surface area contributed by atoms with Gasteiger partial charge in [0.15, 0.2) is 0 Å². The molecule has 0 atom stereocenters. The summed E-state index contributed by atoms with van der Waals surface area (Å²) in [5, 5.41) is 65.6. The van der Waals surface area contributed by atoms with Gasteiger partial charge in [-0.1, -0.05) is 0 Å². The Morgan fingerprint density at radius 2 is 0.828 bits per heavy atom. The standard InChI is InChI=1S/C9H12O4.4C2H4O2/c10-3-6-1-7(4-11)9(13)8(2-6)5-12;4*1-2(3)4/h1-2,10-13H,3-5H2;4*1H3,(H,3,4). The molecule has 29 heavy (non-hydrogen) atoms. The van der Waals surface area contributed by atoms with Gasteiger partial charge in [-0.15, -0.1) is 0 Å². The van der Waals surface area contributed by atoms with E-state index in [9.17, 15) is 5.11 Å². The molecule has 0 radical (unpaired) electrons. The van der Waals surface area contributed by atoms with Gasteiger partial charge < -0.3 is 40.9 Å². The molecular formula is C17H28O12. The molecule has 12 heteroatoms. The third-order valence-electron chi connectivity index (χ3n) is 1.85. The minimum Gasteiger partial charge on any atom is -0.507 e. The second kappa shape index (κ2) is 21.1. The number of aliphatic carboxylic acids is 4. The molecule has 0 heterocycles. The van der Waals surface area contributed by atoms with E-state index in [1.165, 1.54) is 12.1 Å². The highest BCUT2D eigenvalue weighted by molar-refractivity contribution is 5.63. The Morgan fingerprint density at radius 3 is 0.966 bits per heavy atom. The van der Waals surface area contributed by atoms with Gasteiger partial charge in [0.2, 0.25) is 0 Å². The monoisotopic (exact) mass is 424 g/mol. The van der Waals surface area contributed by atoms with Crippen LogP contribution < -0.4 is 0 Å². The highest BCUT2D eigenvalue weighted by Gasteiger charge is 2.07. The van der Waals surface area contributed by atoms with Crippen LogP contribution >= 0.6 is 0 Å². The Morgan fingerprint density at radius 1 is 0.621 bits per heavy atom. The molecule has 0 aromatic heterocycles. The van der Waals surface area contributed by atoms with Crippen LogP contribution in [0, 0.1) is 0 Å². The molecule has 1 aromatic rings. The maximum absolute atomic E-state index is 9.41. The van der Waals surface area contributed by atoms with Crippen molar-refractivity contribution in [1.82, 2.24) is 0 Å². The van der Waals surface area contributed by atoms with Gasteiger partial charge in [-0.2, -0.15) is 0 Å². The lowest BCUT2D eigenvalue weighted by Crippen LogP contribution is -1.95. The van der Waals surface area contributed by atoms with E-state index < -0.39 is 23.9 Å². The average Bonchev–Trinajstić information content (AvgIpc) is 2.53. The van der Waals surface area contributed by atoms with Crippen LogP contribution in [0.2, 0.25) is 0 Å². The normalized spacial score (nSPS) is 8.10. The van der Waals surface area contributed by atoms with Gasteiger partial charge in [-0.3, -0.25) is 19.2 Å². The molecule has 0 saturated carbocycles. The fraction of sp³-hybridized carbons (Fsp3) is 0.412. The van der Waals surface area contributed by atoms with Gasteiger partial charge in [-0.05, 0) is 17.7 Å². The third kappa shape index (κ3) is 36.5. The molecule has 12 nitrogen and oxygen atoms in total. The summed E-state index contributed by atoms with van der Waals surface area (Å²) in [4.78, 5) is 36.0. The predicted molar refractivity (Wildman–Crippen MR) is 99.1 cm³/mol. The molecule has 1 aromatic carbocycles. The summed E-state index contributed by atoms with van der Waals surface area (Å²) in [6.45, 7) is 3.53. The van der Waals surface area contributed by atoms with E-state index in [1.54, 1.807) is 0 Å². The van der Waals surface area contributed by atoms with Crippen molar-refractivity contribution in [2.45, 2.75) is 47.5 Å². The maximum atomic E-state index is 9.41. The summed E-state index contributed by atoms with van der Waals surface area (Å²) in [7, 11) is 0. The molecular weight excluding hydrogens is 396 g/mol. The number of carboxylic acid groups (broad SMARTS) is 4. The Kier molecular flexibility index (Phi) is 24.3. The first kappa shape index (κ1) is 33.4. The molecule has 0 fully saturated rings. The van der Waals surface area contributed by atoms with Crippen molar-refractivity contribution >= 4 is 23.9 Å². The second-order valence-electron chi connectivity index (χ2n) is 4.81. The Balaban J connectivity index is -0.000000162. The summed E-state index contributed by atoms with van der Waals surface area (Å²) >= 11 is 0. The van der Waals surface area contributed by atoms with Crippen molar-refractivity contribution in [3.05, 3.63) is 28.8 Å². The van der Waals surface area contributed by atoms with Gasteiger partial charge in [0.1, 0.15) is 5.75 Å². The number of benzene rings is 1. The number of aliphatic hydroxyl groups is 3. The molecule has 0 unspecified atom stereocenters. The fourth-order valence-electron chi connectivity index (χ4n) is 1.16. The van der Waals surface area contributed by atoms with Crippen LogP contribution in [0.5, 0.6) is 5.75 Å². The van der Waals surface area contributed by atoms with E-state index in [1.807, 2.05) is 0 Å². The maximum Gasteiger partial charge on any atom is 0.300 e. The van der Waals surface area contributed by atoms with Crippen molar-refractivity contribution in [1.29, 1.82) is 0 Å². The molecule has 1 rings (SSSR count). The summed E-state index contributed by atoms with van der Waals surface area (Å²) in [5.41, 5.74) is 1.19. The lowest BCUT2D eigenvalue weighted by molar-refractivity contribution is -0.135. The highest BCUT2D eigenvalue weighted by atomic mass is 16.4. The lowest BCUT2D eigenvalue weighted by Gasteiger charge is -2.08. The van der Waals surface area contributed by atoms with Crippen molar-refractivity contribution in [3.63, 3.8) is 0 Å². The smallest absolute Gasteiger partial charge is 0.300 e. The molecule has 0 spiro atoms. The number of carboxylic acids is 4. The minimum atomic E-state index is -0.833. The zero-order chi connectivity index (χ0) is 24.2. The molecule has 0 bridgehead atoms. The topological polar surface area (TPSA) is 230 Å². The largest absolute Gasteiger partial charge is 0.507 e. The number of hydrogen-bond acceptors (Lipinski definition) is 8. The Labute approximate surface area is 166 Å².